The standard InChI is InChI=1S/C18H21FN6O2/c1-26-11-13-9-17(25-18(22-13)20-12-21-25)24-7-5-23(6-8-24)14-3-4-16(27-2)15(19)10-14/h3-4,9-10,12H,5-8,11H2,1-2H3. The number of hydrogen-bond acceptors (Lipinski definition) is 7. The Morgan fingerprint density at radius 1 is 1.07 bits per heavy atom. The van der Waals surface area contributed by atoms with Gasteiger partial charge in [0.15, 0.2) is 11.6 Å². The quantitative estimate of drug-likeness (QED) is 0.676. The highest BCUT2D eigenvalue weighted by atomic mass is 19.1. The Hall–Kier alpha value is -2.94. The number of nitrogens with zero attached hydrogens (tertiary/aromatic N) is 6. The van der Waals surface area contributed by atoms with Crippen molar-refractivity contribution in [2.75, 3.05) is 50.2 Å². The molecule has 3 aromatic rings. The van der Waals surface area contributed by atoms with Crippen molar-refractivity contribution >= 4 is 17.3 Å². The van der Waals surface area contributed by atoms with Crippen LogP contribution in [-0.2, 0) is 11.3 Å². The largest absolute Gasteiger partial charge is 0.494 e. The normalized spacial score (nSPS) is 14.8. The SMILES string of the molecule is COCc1cc(N2CCN(c3ccc(OC)c(F)c3)CC2)n2ncnc2n1. The van der Waals surface area contributed by atoms with Gasteiger partial charge in [0.25, 0.3) is 5.78 Å². The number of hydrogen-bond donors (Lipinski definition) is 0. The van der Waals surface area contributed by atoms with Crippen molar-refractivity contribution in [3.05, 3.63) is 42.1 Å². The Bertz CT molecular complexity index is 939. The minimum Gasteiger partial charge on any atom is -0.494 e. The van der Waals surface area contributed by atoms with Crippen LogP contribution in [0.4, 0.5) is 15.9 Å². The van der Waals surface area contributed by atoms with Gasteiger partial charge in [-0.25, -0.2) is 9.37 Å². The molecule has 1 aliphatic rings. The lowest BCUT2D eigenvalue weighted by Gasteiger charge is -2.37. The first-order chi connectivity index (χ1) is 13.2. The third-order valence-corrected chi connectivity index (χ3v) is 4.68. The minimum atomic E-state index is -0.347. The number of anilines is 2. The molecule has 0 N–H and O–H groups in total. The highest BCUT2D eigenvalue weighted by Gasteiger charge is 2.21. The van der Waals surface area contributed by atoms with Crippen LogP contribution >= 0.6 is 0 Å². The molecular weight excluding hydrogens is 351 g/mol. The predicted octanol–water partition coefficient (Wildman–Crippen LogP) is 1.75. The van der Waals surface area contributed by atoms with Crippen LogP contribution in [0.25, 0.3) is 5.78 Å². The van der Waals surface area contributed by atoms with Gasteiger partial charge in [-0.2, -0.15) is 14.6 Å². The Kier molecular flexibility index (Phi) is 4.76. The summed E-state index contributed by atoms with van der Waals surface area (Å²) in [7, 11) is 3.11. The maximum Gasteiger partial charge on any atom is 0.254 e. The van der Waals surface area contributed by atoms with Crippen molar-refractivity contribution in [2.45, 2.75) is 6.61 Å². The van der Waals surface area contributed by atoms with Crippen molar-refractivity contribution in [2.24, 2.45) is 0 Å². The van der Waals surface area contributed by atoms with E-state index in [0.717, 1.165) is 43.4 Å². The van der Waals surface area contributed by atoms with Crippen LogP contribution < -0.4 is 14.5 Å². The van der Waals surface area contributed by atoms with Crippen LogP contribution in [0.3, 0.4) is 0 Å². The second-order valence-electron chi connectivity index (χ2n) is 6.30. The number of ether oxygens (including phenoxy) is 2. The van der Waals surface area contributed by atoms with E-state index in [1.165, 1.54) is 19.5 Å². The summed E-state index contributed by atoms with van der Waals surface area (Å²) in [6.07, 6.45) is 1.50. The second-order valence-corrected chi connectivity index (χ2v) is 6.30. The molecule has 142 valence electrons. The van der Waals surface area contributed by atoms with Gasteiger partial charge in [0.1, 0.15) is 12.1 Å². The van der Waals surface area contributed by atoms with Gasteiger partial charge >= 0.3 is 0 Å². The molecule has 0 atom stereocenters. The molecule has 8 nitrogen and oxygen atoms in total. The first-order valence-corrected chi connectivity index (χ1v) is 8.71. The van der Waals surface area contributed by atoms with Crippen LogP contribution in [-0.4, -0.2) is 60.0 Å². The molecule has 4 rings (SSSR count). The Morgan fingerprint density at radius 3 is 2.56 bits per heavy atom. The summed E-state index contributed by atoms with van der Waals surface area (Å²) in [4.78, 5) is 13.0. The highest BCUT2D eigenvalue weighted by molar-refractivity contribution is 5.53. The molecule has 0 aliphatic carbocycles. The maximum atomic E-state index is 14.0. The summed E-state index contributed by atoms with van der Waals surface area (Å²) in [6, 6.07) is 7.05. The zero-order valence-electron chi connectivity index (χ0n) is 15.3. The molecule has 0 saturated carbocycles. The zero-order valence-corrected chi connectivity index (χ0v) is 15.3. The molecule has 0 bridgehead atoms. The van der Waals surface area contributed by atoms with Crippen molar-refractivity contribution in [1.82, 2.24) is 19.6 Å². The van der Waals surface area contributed by atoms with Gasteiger partial charge in [0, 0.05) is 51.1 Å². The molecule has 0 radical (unpaired) electrons. The summed E-state index contributed by atoms with van der Waals surface area (Å²) in [6.45, 7) is 3.51. The molecule has 2 aromatic heterocycles. The number of fused-ring (bicyclic) bond motifs is 1. The predicted molar refractivity (Wildman–Crippen MR) is 98.9 cm³/mol. The van der Waals surface area contributed by atoms with Gasteiger partial charge in [-0.05, 0) is 12.1 Å². The molecule has 0 amide bonds. The van der Waals surface area contributed by atoms with Gasteiger partial charge in [-0.1, -0.05) is 0 Å². The molecule has 0 spiro atoms. The molecule has 1 fully saturated rings. The summed E-state index contributed by atoms with van der Waals surface area (Å²) >= 11 is 0. The number of halogens is 1. The van der Waals surface area contributed by atoms with Crippen LogP contribution in [0.1, 0.15) is 5.69 Å². The molecule has 9 heteroatoms. The Morgan fingerprint density at radius 2 is 1.85 bits per heavy atom. The molecular formula is C18H21FN6O2. The summed E-state index contributed by atoms with van der Waals surface area (Å²) in [5, 5.41) is 4.29. The van der Waals surface area contributed by atoms with Crippen molar-refractivity contribution in [3.8, 4) is 5.75 Å². The second kappa shape index (κ2) is 7.36. The third-order valence-electron chi connectivity index (χ3n) is 4.68. The number of piperazine rings is 1. The maximum absolute atomic E-state index is 14.0. The molecule has 1 saturated heterocycles. The summed E-state index contributed by atoms with van der Waals surface area (Å²) in [5.41, 5.74) is 1.67. The Labute approximate surface area is 156 Å². The molecule has 1 aliphatic heterocycles. The Balaban J connectivity index is 1.53. The van der Waals surface area contributed by atoms with Crippen LogP contribution in [0.5, 0.6) is 5.75 Å². The van der Waals surface area contributed by atoms with E-state index in [1.54, 1.807) is 17.7 Å². The number of rotatable bonds is 5. The van der Waals surface area contributed by atoms with E-state index in [4.69, 9.17) is 9.47 Å². The van der Waals surface area contributed by atoms with Gasteiger partial charge in [0.2, 0.25) is 0 Å². The monoisotopic (exact) mass is 372 g/mol. The van der Waals surface area contributed by atoms with E-state index in [0.29, 0.717) is 12.4 Å². The van der Waals surface area contributed by atoms with E-state index in [-0.39, 0.29) is 11.6 Å². The fourth-order valence-corrected chi connectivity index (χ4v) is 3.34. The van der Waals surface area contributed by atoms with E-state index in [2.05, 4.69) is 24.9 Å². The first kappa shape index (κ1) is 17.5. The number of benzene rings is 1. The van der Waals surface area contributed by atoms with Gasteiger partial charge in [-0.15, -0.1) is 0 Å². The molecule has 27 heavy (non-hydrogen) atoms. The van der Waals surface area contributed by atoms with Crippen LogP contribution in [0.2, 0.25) is 0 Å². The highest BCUT2D eigenvalue weighted by Crippen LogP contribution is 2.26. The van der Waals surface area contributed by atoms with Gasteiger partial charge in [0.05, 0.1) is 19.4 Å². The number of aromatic nitrogens is 4. The van der Waals surface area contributed by atoms with Crippen LogP contribution in [0.15, 0.2) is 30.6 Å². The fraction of sp³-hybridized carbons (Fsp3) is 0.389. The average Bonchev–Trinajstić information content (AvgIpc) is 3.16. The lowest BCUT2D eigenvalue weighted by molar-refractivity contribution is 0.181. The van der Waals surface area contributed by atoms with Crippen molar-refractivity contribution in [1.29, 1.82) is 0 Å². The smallest absolute Gasteiger partial charge is 0.254 e. The third kappa shape index (κ3) is 3.37. The van der Waals surface area contributed by atoms with E-state index in [1.807, 2.05) is 12.1 Å². The lowest BCUT2D eigenvalue weighted by Crippen LogP contribution is -2.47. The van der Waals surface area contributed by atoms with Gasteiger partial charge in [-0.3, -0.25) is 0 Å². The topological polar surface area (TPSA) is 68.0 Å². The fourth-order valence-electron chi connectivity index (χ4n) is 3.34. The lowest BCUT2D eigenvalue weighted by atomic mass is 10.2. The average molecular weight is 372 g/mol. The minimum absolute atomic E-state index is 0.258. The van der Waals surface area contributed by atoms with E-state index >= 15 is 0 Å². The van der Waals surface area contributed by atoms with Gasteiger partial charge < -0.3 is 19.3 Å². The zero-order chi connectivity index (χ0) is 18.8. The van der Waals surface area contributed by atoms with E-state index in [9.17, 15) is 4.39 Å². The molecule has 3 heterocycles. The molecule has 1 aromatic carbocycles. The van der Waals surface area contributed by atoms with Crippen LogP contribution in [0, 0.1) is 5.82 Å². The summed E-state index contributed by atoms with van der Waals surface area (Å²) < 4.78 is 25.9. The first-order valence-electron chi connectivity index (χ1n) is 8.71. The molecule has 0 unspecified atom stereocenters. The summed E-state index contributed by atoms with van der Waals surface area (Å²) in [5.74, 6) is 1.40. The number of methoxy groups -OCH3 is 2. The van der Waals surface area contributed by atoms with E-state index < -0.39 is 0 Å². The van der Waals surface area contributed by atoms with Crippen molar-refractivity contribution in [3.63, 3.8) is 0 Å². The van der Waals surface area contributed by atoms with Crippen molar-refractivity contribution < 1.29 is 13.9 Å².